The third kappa shape index (κ3) is 5.64. The molecule has 3 rings (SSSR count). The number of methoxy groups -OCH3 is 1. The van der Waals surface area contributed by atoms with Gasteiger partial charge in [0, 0.05) is 26.2 Å². The third-order valence-corrected chi connectivity index (χ3v) is 5.59. The molecule has 1 saturated heterocycles. The monoisotopic (exact) mass is 444 g/mol. The molecule has 2 heterocycles. The van der Waals surface area contributed by atoms with Crippen LogP contribution in [0.1, 0.15) is 20.0 Å². The second-order valence-electron chi connectivity index (χ2n) is 6.69. The summed E-state index contributed by atoms with van der Waals surface area (Å²) in [5, 5.41) is 1.86. The van der Waals surface area contributed by atoms with Gasteiger partial charge < -0.3 is 24.0 Å². The first-order valence-corrected chi connectivity index (χ1v) is 10.6. The fourth-order valence-electron chi connectivity index (χ4n) is 3.08. The first-order valence-electron chi connectivity index (χ1n) is 9.73. The number of rotatable bonds is 8. The molecule has 8 nitrogen and oxygen atoms in total. The minimum Gasteiger partial charge on any atom is -0.493 e. The van der Waals surface area contributed by atoms with Crippen molar-refractivity contribution < 1.29 is 28.6 Å². The first-order chi connectivity index (χ1) is 15.0. The number of carbonyl (C=O) groups is 3. The van der Waals surface area contributed by atoms with E-state index in [0.29, 0.717) is 49.2 Å². The van der Waals surface area contributed by atoms with Gasteiger partial charge in [-0.15, -0.1) is 11.3 Å². The summed E-state index contributed by atoms with van der Waals surface area (Å²) < 4.78 is 15.9. The maximum absolute atomic E-state index is 12.4. The Bertz CT molecular complexity index is 935. The zero-order chi connectivity index (χ0) is 22.2. The van der Waals surface area contributed by atoms with E-state index < -0.39 is 5.97 Å². The molecule has 0 atom stereocenters. The normalized spacial score (nSPS) is 13.5. The van der Waals surface area contributed by atoms with Crippen LogP contribution in [0.2, 0.25) is 0 Å². The second kappa shape index (κ2) is 10.6. The van der Waals surface area contributed by atoms with Crippen LogP contribution in [0.15, 0.2) is 48.4 Å². The number of nitrogens with zero attached hydrogens (tertiary/aromatic N) is 2. The zero-order valence-electron chi connectivity index (χ0n) is 17.2. The van der Waals surface area contributed by atoms with E-state index in [4.69, 9.17) is 14.2 Å². The Balaban J connectivity index is 1.49. The minimum atomic E-state index is -0.631. The Kier molecular flexibility index (Phi) is 7.66. The lowest BCUT2D eigenvalue weighted by Gasteiger charge is -2.34. The molecular formula is C22H24N2O6S. The number of piperazine rings is 1. The van der Waals surface area contributed by atoms with E-state index in [9.17, 15) is 14.4 Å². The topological polar surface area (TPSA) is 85.4 Å². The van der Waals surface area contributed by atoms with Crippen LogP contribution in [-0.4, -0.2) is 74.1 Å². The number of hydrogen-bond acceptors (Lipinski definition) is 7. The molecular weight excluding hydrogens is 420 g/mol. The molecule has 1 aliphatic rings. The van der Waals surface area contributed by atoms with Crippen LogP contribution in [0.4, 0.5) is 0 Å². The summed E-state index contributed by atoms with van der Waals surface area (Å²) in [7, 11) is 1.47. The first kappa shape index (κ1) is 22.4. The molecule has 0 radical (unpaired) electrons. The van der Waals surface area contributed by atoms with Gasteiger partial charge in [-0.3, -0.25) is 9.59 Å². The number of ether oxygens (including phenoxy) is 3. The Morgan fingerprint density at radius 1 is 1.10 bits per heavy atom. The number of thiophene rings is 1. The number of amides is 2. The summed E-state index contributed by atoms with van der Waals surface area (Å²) in [6.07, 6.45) is 1.60. The van der Waals surface area contributed by atoms with Crippen molar-refractivity contribution in [2.45, 2.75) is 0 Å². The summed E-state index contributed by atoms with van der Waals surface area (Å²) in [6, 6.07) is 8.27. The molecule has 1 aromatic heterocycles. The number of carbonyl (C=O) groups excluding carboxylic acids is 3. The predicted octanol–water partition coefficient (Wildman–Crippen LogP) is 2.46. The van der Waals surface area contributed by atoms with Crippen molar-refractivity contribution in [2.75, 3.05) is 46.5 Å². The lowest BCUT2D eigenvalue weighted by atomic mass is 10.2. The van der Waals surface area contributed by atoms with E-state index in [-0.39, 0.29) is 24.0 Å². The largest absolute Gasteiger partial charge is 0.493 e. The van der Waals surface area contributed by atoms with Crippen LogP contribution in [0.3, 0.4) is 0 Å². The Labute approximate surface area is 184 Å². The minimum absolute atomic E-state index is 0.0250. The van der Waals surface area contributed by atoms with Gasteiger partial charge in [0.15, 0.2) is 18.1 Å². The number of benzene rings is 1. The van der Waals surface area contributed by atoms with Crippen molar-refractivity contribution in [1.82, 2.24) is 9.80 Å². The van der Waals surface area contributed by atoms with E-state index in [0.717, 1.165) is 0 Å². The van der Waals surface area contributed by atoms with Gasteiger partial charge in [0.05, 0.1) is 17.6 Å². The van der Waals surface area contributed by atoms with Gasteiger partial charge in [-0.25, -0.2) is 4.79 Å². The molecule has 0 unspecified atom stereocenters. The van der Waals surface area contributed by atoms with Crippen molar-refractivity contribution in [2.24, 2.45) is 0 Å². The molecule has 1 aromatic carbocycles. The molecule has 0 aliphatic carbocycles. The zero-order valence-corrected chi connectivity index (χ0v) is 18.1. The van der Waals surface area contributed by atoms with E-state index in [2.05, 4.69) is 6.58 Å². The molecule has 164 valence electrons. The van der Waals surface area contributed by atoms with Crippen LogP contribution in [0.5, 0.6) is 11.5 Å². The molecule has 0 N–H and O–H groups in total. The molecule has 1 aliphatic heterocycles. The van der Waals surface area contributed by atoms with Crippen molar-refractivity contribution in [1.29, 1.82) is 0 Å². The van der Waals surface area contributed by atoms with Crippen LogP contribution < -0.4 is 9.47 Å². The average Bonchev–Trinajstić information content (AvgIpc) is 3.35. The van der Waals surface area contributed by atoms with Gasteiger partial charge in [-0.2, -0.15) is 0 Å². The molecule has 2 aromatic rings. The molecule has 1 fully saturated rings. The van der Waals surface area contributed by atoms with E-state index in [1.54, 1.807) is 34.1 Å². The summed E-state index contributed by atoms with van der Waals surface area (Å²) in [5.74, 6) is -0.0926. The van der Waals surface area contributed by atoms with Gasteiger partial charge in [-0.05, 0) is 29.6 Å². The quantitative estimate of drug-likeness (QED) is 0.459. The van der Waals surface area contributed by atoms with Gasteiger partial charge in [0.1, 0.15) is 6.61 Å². The van der Waals surface area contributed by atoms with E-state index in [1.165, 1.54) is 24.5 Å². The third-order valence-electron chi connectivity index (χ3n) is 4.73. The van der Waals surface area contributed by atoms with Crippen molar-refractivity contribution in [3.63, 3.8) is 0 Å². The van der Waals surface area contributed by atoms with Crippen LogP contribution >= 0.6 is 11.3 Å². The second-order valence-corrected chi connectivity index (χ2v) is 7.64. The number of esters is 1. The average molecular weight is 445 g/mol. The smallest absolute Gasteiger partial charge is 0.338 e. The fourth-order valence-corrected chi connectivity index (χ4v) is 3.77. The molecule has 0 spiro atoms. The van der Waals surface area contributed by atoms with E-state index >= 15 is 0 Å². The highest BCUT2D eigenvalue weighted by Crippen LogP contribution is 2.28. The van der Waals surface area contributed by atoms with Crippen molar-refractivity contribution >= 4 is 29.1 Å². The van der Waals surface area contributed by atoms with Gasteiger partial charge in [-0.1, -0.05) is 18.7 Å². The van der Waals surface area contributed by atoms with Gasteiger partial charge >= 0.3 is 5.97 Å². The summed E-state index contributed by atoms with van der Waals surface area (Å²) >= 11 is 1.40. The summed E-state index contributed by atoms with van der Waals surface area (Å²) in [6.45, 7) is 5.21. The van der Waals surface area contributed by atoms with Crippen molar-refractivity contribution in [3.8, 4) is 11.5 Å². The van der Waals surface area contributed by atoms with Crippen molar-refractivity contribution in [3.05, 3.63) is 58.8 Å². The van der Waals surface area contributed by atoms with Gasteiger partial charge in [0.2, 0.25) is 0 Å². The lowest BCUT2D eigenvalue weighted by molar-refractivity contribution is -0.136. The van der Waals surface area contributed by atoms with Crippen LogP contribution in [0, 0.1) is 0 Å². The SMILES string of the molecule is C=CCOc1ccc(C(=O)OCC(=O)N2CCN(C(=O)c3cccs3)CC2)cc1OC. The predicted molar refractivity (Wildman–Crippen MR) is 116 cm³/mol. The maximum atomic E-state index is 12.4. The molecule has 0 saturated carbocycles. The highest BCUT2D eigenvalue weighted by atomic mass is 32.1. The molecule has 31 heavy (non-hydrogen) atoms. The summed E-state index contributed by atoms with van der Waals surface area (Å²) in [5.41, 5.74) is 0.252. The number of hydrogen-bond donors (Lipinski definition) is 0. The fraction of sp³-hybridized carbons (Fsp3) is 0.318. The maximum Gasteiger partial charge on any atom is 0.338 e. The Morgan fingerprint density at radius 2 is 1.84 bits per heavy atom. The Hall–Kier alpha value is -3.33. The van der Waals surface area contributed by atoms with E-state index in [1.807, 2.05) is 11.4 Å². The highest BCUT2D eigenvalue weighted by Gasteiger charge is 2.26. The molecule has 9 heteroatoms. The van der Waals surface area contributed by atoms with Crippen LogP contribution in [-0.2, 0) is 9.53 Å². The van der Waals surface area contributed by atoms with Crippen LogP contribution in [0.25, 0.3) is 0 Å². The lowest BCUT2D eigenvalue weighted by Crippen LogP contribution is -2.51. The van der Waals surface area contributed by atoms with Gasteiger partial charge in [0.25, 0.3) is 11.8 Å². The molecule has 0 bridgehead atoms. The highest BCUT2D eigenvalue weighted by molar-refractivity contribution is 7.12. The standard InChI is InChI=1S/C22H24N2O6S/c1-3-12-29-17-7-6-16(14-18(17)28-2)22(27)30-15-20(25)23-8-10-24(11-9-23)21(26)19-5-4-13-31-19/h3-7,13-14H,1,8-12,15H2,2H3. The summed E-state index contributed by atoms with van der Waals surface area (Å²) in [4.78, 5) is 41.2. The Morgan fingerprint density at radius 3 is 2.48 bits per heavy atom. The molecule has 2 amide bonds.